The third-order valence-corrected chi connectivity index (χ3v) is 2.72. The van der Waals surface area contributed by atoms with Crippen LogP contribution in [0.2, 0.25) is 0 Å². The van der Waals surface area contributed by atoms with E-state index < -0.39 is 5.72 Å². The Morgan fingerprint density at radius 2 is 2.24 bits per heavy atom. The lowest BCUT2D eigenvalue weighted by molar-refractivity contribution is -0.123. The topological polar surface area (TPSA) is 55.6 Å². The molecule has 0 aliphatic heterocycles. The van der Waals surface area contributed by atoms with Crippen LogP contribution in [0.5, 0.6) is 0 Å². The summed E-state index contributed by atoms with van der Waals surface area (Å²) in [7, 11) is 1.58. The van der Waals surface area contributed by atoms with E-state index in [4.69, 9.17) is 9.26 Å². The first kappa shape index (κ1) is 13.7. The number of hydrogen-bond acceptors (Lipinski definition) is 4. The number of aromatic nitrogens is 1. The Kier molecular flexibility index (Phi) is 4.28. The van der Waals surface area contributed by atoms with Gasteiger partial charge in [0.05, 0.1) is 6.20 Å². The van der Waals surface area contributed by atoms with Crippen LogP contribution in [0.1, 0.15) is 39.4 Å². The first-order valence-electron chi connectivity index (χ1n) is 5.73. The van der Waals surface area contributed by atoms with Gasteiger partial charge < -0.3 is 9.26 Å². The Balaban J connectivity index is 3.12. The van der Waals surface area contributed by atoms with Crippen LogP contribution in [0, 0.1) is 6.92 Å². The second kappa shape index (κ2) is 5.31. The van der Waals surface area contributed by atoms with E-state index >= 15 is 0 Å². The summed E-state index contributed by atoms with van der Waals surface area (Å²) in [6.45, 7) is 7.43. The van der Waals surface area contributed by atoms with Crippen LogP contribution >= 0.6 is 0 Å². The van der Waals surface area contributed by atoms with E-state index in [1.54, 1.807) is 25.1 Å². The average Bonchev–Trinajstić information content (AvgIpc) is 2.65. The summed E-state index contributed by atoms with van der Waals surface area (Å²) >= 11 is 0. The third kappa shape index (κ3) is 2.85. The van der Waals surface area contributed by atoms with Crippen molar-refractivity contribution in [2.45, 2.75) is 46.3 Å². The van der Waals surface area contributed by atoms with Crippen LogP contribution in [0.15, 0.2) is 10.7 Å². The Labute approximate surface area is 102 Å². The molecule has 0 spiro atoms. The molecule has 0 saturated heterocycles. The number of carbonyl (C=O) groups is 1. The zero-order chi connectivity index (χ0) is 13.1. The summed E-state index contributed by atoms with van der Waals surface area (Å²) in [6.07, 6.45) is 2.81. The quantitative estimate of drug-likeness (QED) is 0.742. The molecule has 1 rings (SSSR count). The standard InChI is InChI=1S/C12H20N2O3/c1-6-7-11(15)14(12(3,4)16-5)10-8-13-17-9(10)2/h8H,6-7H2,1-5H3. The summed E-state index contributed by atoms with van der Waals surface area (Å²) in [5.74, 6) is 0.616. The molecule has 0 aromatic carbocycles. The number of hydrogen-bond donors (Lipinski definition) is 0. The van der Waals surface area contributed by atoms with Crippen molar-refractivity contribution in [3.8, 4) is 0 Å². The van der Waals surface area contributed by atoms with Gasteiger partial charge in [-0.2, -0.15) is 0 Å². The average molecular weight is 240 g/mol. The van der Waals surface area contributed by atoms with E-state index in [1.807, 2.05) is 20.8 Å². The highest BCUT2D eigenvalue weighted by Crippen LogP contribution is 2.28. The van der Waals surface area contributed by atoms with Crippen molar-refractivity contribution in [2.75, 3.05) is 12.0 Å². The molecule has 1 amide bonds. The first-order chi connectivity index (χ1) is 7.94. The molecule has 0 aliphatic carbocycles. The minimum atomic E-state index is -0.720. The van der Waals surface area contributed by atoms with Crippen LogP contribution in [-0.4, -0.2) is 23.9 Å². The van der Waals surface area contributed by atoms with Crippen molar-refractivity contribution in [3.05, 3.63) is 12.0 Å². The minimum Gasteiger partial charge on any atom is -0.359 e. The van der Waals surface area contributed by atoms with Gasteiger partial charge in [0.1, 0.15) is 11.4 Å². The van der Waals surface area contributed by atoms with Crippen molar-refractivity contribution < 1.29 is 14.1 Å². The number of carbonyl (C=O) groups excluding carboxylic acids is 1. The van der Waals surface area contributed by atoms with Crippen molar-refractivity contribution >= 4 is 11.6 Å². The highest BCUT2D eigenvalue weighted by molar-refractivity contribution is 5.94. The maximum Gasteiger partial charge on any atom is 0.229 e. The van der Waals surface area contributed by atoms with E-state index in [1.165, 1.54) is 0 Å². The van der Waals surface area contributed by atoms with Gasteiger partial charge >= 0.3 is 0 Å². The lowest BCUT2D eigenvalue weighted by Gasteiger charge is -2.36. The molecule has 0 fully saturated rings. The summed E-state index contributed by atoms with van der Waals surface area (Å²) in [4.78, 5) is 13.8. The fourth-order valence-electron chi connectivity index (χ4n) is 1.65. The summed E-state index contributed by atoms with van der Waals surface area (Å²) < 4.78 is 10.4. The van der Waals surface area contributed by atoms with E-state index in [2.05, 4.69) is 5.16 Å². The van der Waals surface area contributed by atoms with Crippen LogP contribution in [0.4, 0.5) is 5.69 Å². The minimum absolute atomic E-state index is 0.00523. The van der Waals surface area contributed by atoms with Gasteiger partial charge in [-0.1, -0.05) is 12.1 Å². The van der Waals surface area contributed by atoms with Crippen molar-refractivity contribution in [1.29, 1.82) is 0 Å². The van der Waals surface area contributed by atoms with Crippen LogP contribution in [-0.2, 0) is 9.53 Å². The second-order valence-corrected chi connectivity index (χ2v) is 4.40. The number of aryl methyl sites for hydroxylation is 1. The number of nitrogens with zero attached hydrogens (tertiary/aromatic N) is 2. The number of anilines is 1. The normalized spacial score (nSPS) is 11.6. The van der Waals surface area contributed by atoms with Gasteiger partial charge in [-0.15, -0.1) is 0 Å². The molecular formula is C12H20N2O3. The molecule has 0 N–H and O–H groups in total. The van der Waals surface area contributed by atoms with Gasteiger partial charge in [0, 0.05) is 13.5 Å². The van der Waals surface area contributed by atoms with Gasteiger partial charge in [0.25, 0.3) is 0 Å². The second-order valence-electron chi connectivity index (χ2n) is 4.40. The molecule has 96 valence electrons. The van der Waals surface area contributed by atoms with E-state index in [-0.39, 0.29) is 5.91 Å². The number of ether oxygens (including phenoxy) is 1. The van der Waals surface area contributed by atoms with Crippen LogP contribution in [0.25, 0.3) is 0 Å². The predicted octanol–water partition coefficient (Wildman–Crippen LogP) is 2.50. The van der Waals surface area contributed by atoms with Crippen LogP contribution in [0.3, 0.4) is 0 Å². The lowest BCUT2D eigenvalue weighted by atomic mass is 10.1. The zero-order valence-electron chi connectivity index (χ0n) is 11.1. The van der Waals surface area contributed by atoms with Gasteiger partial charge in [-0.3, -0.25) is 9.69 Å². The summed E-state index contributed by atoms with van der Waals surface area (Å²) in [6, 6.07) is 0. The molecule has 1 aromatic heterocycles. The maximum absolute atomic E-state index is 12.2. The Hall–Kier alpha value is -1.36. The molecular weight excluding hydrogens is 220 g/mol. The fourth-order valence-corrected chi connectivity index (χ4v) is 1.65. The predicted molar refractivity (Wildman–Crippen MR) is 64.7 cm³/mol. The number of rotatable bonds is 5. The molecule has 0 atom stereocenters. The van der Waals surface area contributed by atoms with Crippen molar-refractivity contribution in [3.63, 3.8) is 0 Å². The number of methoxy groups -OCH3 is 1. The molecule has 5 nitrogen and oxygen atoms in total. The highest BCUT2D eigenvalue weighted by atomic mass is 16.5. The molecule has 0 radical (unpaired) electrons. The third-order valence-electron chi connectivity index (χ3n) is 2.72. The first-order valence-corrected chi connectivity index (χ1v) is 5.73. The maximum atomic E-state index is 12.2. The van der Waals surface area contributed by atoms with Gasteiger partial charge in [-0.05, 0) is 27.2 Å². The fraction of sp³-hybridized carbons (Fsp3) is 0.667. The molecule has 0 saturated carbocycles. The smallest absolute Gasteiger partial charge is 0.229 e. The SMILES string of the molecule is CCCC(=O)N(c1cnoc1C)C(C)(C)OC. The van der Waals surface area contributed by atoms with Gasteiger partial charge in [0.2, 0.25) is 5.91 Å². The van der Waals surface area contributed by atoms with E-state index in [9.17, 15) is 4.79 Å². The molecule has 5 heteroatoms. The largest absolute Gasteiger partial charge is 0.359 e. The van der Waals surface area contributed by atoms with E-state index in [0.29, 0.717) is 17.9 Å². The van der Waals surface area contributed by atoms with Crippen LogP contribution < -0.4 is 4.90 Å². The molecule has 0 bridgehead atoms. The van der Waals surface area contributed by atoms with Crippen molar-refractivity contribution in [1.82, 2.24) is 5.16 Å². The zero-order valence-corrected chi connectivity index (χ0v) is 11.1. The Bertz CT molecular complexity index is 385. The Morgan fingerprint density at radius 3 is 2.65 bits per heavy atom. The highest BCUT2D eigenvalue weighted by Gasteiger charge is 2.33. The van der Waals surface area contributed by atoms with E-state index in [0.717, 1.165) is 6.42 Å². The summed E-state index contributed by atoms with van der Waals surface area (Å²) in [5, 5.41) is 3.71. The molecule has 17 heavy (non-hydrogen) atoms. The summed E-state index contributed by atoms with van der Waals surface area (Å²) in [5.41, 5.74) is -0.0574. The molecule has 0 aliphatic rings. The van der Waals surface area contributed by atoms with Gasteiger partial charge in [-0.25, -0.2) is 0 Å². The lowest BCUT2D eigenvalue weighted by Crippen LogP contribution is -2.49. The number of amides is 1. The van der Waals surface area contributed by atoms with Gasteiger partial charge in [0.15, 0.2) is 5.76 Å². The molecule has 1 aromatic rings. The monoisotopic (exact) mass is 240 g/mol. The Morgan fingerprint density at radius 1 is 1.59 bits per heavy atom. The van der Waals surface area contributed by atoms with Crippen molar-refractivity contribution in [2.24, 2.45) is 0 Å². The molecule has 0 unspecified atom stereocenters. The molecule has 1 heterocycles.